The largest absolute Gasteiger partial charge is 0.394 e. The van der Waals surface area contributed by atoms with Crippen LogP contribution in [-0.2, 0) is 13.0 Å². The summed E-state index contributed by atoms with van der Waals surface area (Å²) in [5.74, 6) is 0. The van der Waals surface area contributed by atoms with E-state index in [1.165, 1.54) is 16.7 Å². The summed E-state index contributed by atoms with van der Waals surface area (Å²) < 4.78 is 0. The van der Waals surface area contributed by atoms with Gasteiger partial charge in [0.1, 0.15) is 0 Å². The molecule has 1 atom stereocenters. The minimum absolute atomic E-state index is 0.148. The fourth-order valence-electron chi connectivity index (χ4n) is 2.72. The van der Waals surface area contributed by atoms with Gasteiger partial charge in [-0.3, -0.25) is 4.90 Å². The fraction of sp³-hybridized carbons (Fsp3) is 0.333. The summed E-state index contributed by atoms with van der Waals surface area (Å²) in [6, 6.07) is 10.8. The number of rotatable bonds is 3. The van der Waals surface area contributed by atoms with Crippen molar-refractivity contribution in [3.63, 3.8) is 0 Å². The molecule has 1 aliphatic rings. The van der Waals surface area contributed by atoms with E-state index in [9.17, 15) is 5.11 Å². The second kappa shape index (κ2) is 5.22. The zero-order chi connectivity index (χ0) is 12.4. The van der Waals surface area contributed by atoms with Crippen molar-refractivity contribution < 1.29 is 5.11 Å². The van der Waals surface area contributed by atoms with Crippen molar-refractivity contribution in [2.45, 2.75) is 19.0 Å². The monoisotopic (exact) mass is 259 g/mol. The molecule has 0 saturated carbocycles. The van der Waals surface area contributed by atoms with Crippen LogP contribution in [0.5, 0.6) is 0 Å². The summed E-state index contributed by atoms with van der Waals surface area (Å²) in [5.41, 5.74) is 4.03. The normalized spacial score (nSPS) is 19.7. The van der Waals surface area contributed by atoms with Gasteiger partial charge in [-0.15, -0.1) is 0 Å². The summed E-state index contributed by atoms with van der Waals surface area (Å²) in [6.45, 7) is 2.16. The molecule has 0 fully saturated rings. The topological polar surface area (TPSA) is 23.5 Å². The van der Waals surface area contributed by atoms with E-state index in [4.69, 9.17) is 0 Å². The molecule has 2 nitrogen and oxygen atoms in total. The Labute approximate surface area is 112 Å². The van der Waals surface area contributed by atoms with Crippen LogP contribution < -0.4 is 0 Å². The van der Waals surface area contributed by atoms with Gasteiger partial charge in [-0.25, -0.2) is 0 Å². The van der Waals surface area contributed by atoms with E-state index in [2.05, 4.69) is 46.0 Å². The summed E-state index contributed by atoms with van der Waals surface area (Å²) in [5, 5.41) is 14.0. The minimum Gasteiger partial charge on any atom is -0.394 e. The lowest BCUT2D eigenvalue weighted by Gasteiger charge is -2.36. The Balaban J connectivity index is 1.85. The average molecular weight is 259 g/mol. The molecule has 1 aliphatic heterocycles. The van der Waals surface area contributed by atoms with Gasteiger partial charge in [0, 0.05) is 13.1 Å². The molecule has 3 heteroatoms. The van der Waals surface area contributed by atoms with Gasteiger partial charge in [-0.1, -0.05) is 24.3 Å². The van der Waals surface area contributed by atoms with Crippen LogP contribution in [-0.4, -0.2) is 23.2 Å². The van der Waals surface area contributed by atoms with Crippen LogP contribution in [0.25, 0.3) is 0 Å². The van der Waals surface area contributed by atoms with Gasteiger partial charge in [0.05, 0.1) is 12.6 Å². The molecule has 0 amide bonds. The molecule has 2 heterocycles. The van der Waals surface area contributed by atoms with Gasteiger partial charge in [-0.05, 0) is 39.9 Å². The first-order valence-corrected chi connectivity index (χ1v) is 7.26. The Hall–Kier alpha value is -1.16. The van der Waals surface area contributed by atoms with Crippen LogP contribution in [0.1, 0.15) is 22.7 Å². The summed E-state index contributed by atoms with van der Waals surface area (Å²) in [4.78, 5) is 2.38. The summed E-state index contributed by atoms with van der Waals surface area (Å²) >= 11 is 1.73. The zero-order valence-electron chi connectivity index (χ0n) is 10.2. The highest BCUT2D eigenvalue weighted by Gasteiger charge is 2.26. The molecular formula is C15H17NOS. The van der Waals surface area contributed by atoms with E-state index < -0.39 is 0 Å². The Morgan fingerprint density at radius 2 is 2.17 bits per heavy atom. The number of aliphatic hydroxyl groups is 1. The lowest BCUT2D eigenvalue weighted by molar-refractivity contribution is 0.108. The van der Waals surface area contributed by atoms with Crippen LogP contribution in [0, 0.1) is 0 Å². The molecule has 0 aliphatic carbocycles. The number of hydrogen-bond donors (Lipinski definition) is 1. The van der Waals surface area contributed by atoms with E-state index in [0.717, 1.165) is 19.5 Å². The maximum Gasteiger partial charge on any atom is 0.0628 e. The highest BCUT2D eigenvalue weighted by molar-refractivity contribution is 7.07. The van der Waals surface area contributed by atoms with Gasteiger partial charge >= 0.3 is 0 Å². The van der Waals surface area contributed by atoms with Crippen molar-refractivity contribution in [1.29, 1.82) is 0 Å². The molecule has 1 aromatic heterocycles. The van der Waals surface area contributed by atoms with Gasteiger partial charge < -0.3 is 5.11 Å². The number of thiophene rings is 1. The molecule has 0 saturated heterocycles. The van der Waals surface area contributed by atoms with Gasteiger partial charge in [0.2, 0.25) is 0 Å². The Kier molecular flexibility index (Phi) is 3.46. The predicted octanol–water partition coefficient (Wildman–Crippen LogP) is 2.84. The van der Waals surface area contributed by atoms with Crippen molar-refractivity contribution >= 4 is 11.3 Å². The van der Waals surface area contributed by atoms with Gasteiger partial charge in [0.15, 0.2) is 0 Å². The maximum absolute atomic E-state index is 9.70. The number of hydrogen-bond acceptors (Lipinski definition) is 3. The Morgan fingerprint density at radius 3 is 2.94 bits per heavy atom. The smallest absolute Gasteiger partial charge is 0.0628 e. The van der Waals surface area contributed by atoms with Crippen molar-refractivity contribution in [1.82, 2.24) is 4.90 Å². The van der Waals surface area contributed by atoms with Crippen molar-refractivity contribution in [3.8, 4) is 0 Å². The van der Waals surface area contributed by atoms with Crippen LogP contribution >= 0.6 is 11.3 Å². The zero-order valence-corrected chi connectivity index (χ0v) is 11.1. The van der Waals surface area contributed by atoms with Crippen molar-refractivity contribution in [2.24, 2.45) is 0 Å². The lowest BCUT2D eigenvalue weighted by atomic mass is 9.93. The fourth-order valence-corrected chi connectivity index (χ4v) is 3.38. The Morgan fingerprint density at radius 1 is 1.28 bits per heavy atom. The third-order valence-corrected chi connectivity index (χ3v) is 4.39. The Bertz CT molecular complexity index is 509. The second-order valence-corrected chi connectivity index (χ2v) is 5.53. The number of fused-ring (bicyclic) bond motifs is 1. The van der Waals surface area contributed by atoms with Crippen LogP contribution in [0.3, 0.4) is 0 Å². The van der Waals surface area contributed by atoms with E-state index in [1.807, 2.05) is 0 Å². The highest BCUT2D eigenvalue weighted by Crippen LogP contribution is 2.30. The van der Waals surface area contributed by atoms with Crippen molar-refractivity contribution in [2.75, 3.05) is 13.2 Å². The maximum atomic E-state index is 9.70. The standard InChI is InChI=1S/C15H17NOS/c17-10-15-14-4-2-1-3-13(14)5-7-16(15)9-12-6-8-18-11-12/h1-4,6,8,11,15,17H,5,7,9-10H2. The highest BCUT2D eigenvalue weighted by atomic mass is 32.1. The van der Waals surface area contributed by atoms with Crippen LogP contribution in [0.2, 0.25) is 0 Å². The van der Waals surface area contributed by atoms with E-state index in [1.54, 1.807) is 11.3 Å². The van der Waals surface area contributed by atoms with Crippen molar-refractivity contribution in [3.05, 3.63) is 57.8 Å². The molecule has 1 aromatic carbocycles. The molecule has 18 heavy (non-hydrogen) atoms. The molecule has 3 rings (SSSR count). The van der Waals surface area contributed by atoms with Gasteiger partial charge in [0.25, 0.3) is 0 Å². The van der Waals surface area contributed by atoms with E-state index in [-0.39, 0.29) is 12.6 Å². The minimum atomic E-state index is 0.148. The molecule has 94 valence electrons. The molecule has 1 unspecified atom stereocenters. The quantitative estimate of drug-likeness (QED) is 0.916. The third-order valence-electron chi connectivity index (χ3n) is 3.66. The van der Waals surface area contributed by atoms with E-state index >= 15 is 0 Å². The lowest BCUT2D eigenvalue weighted by Crippen LogP contribution is -2.36. The number of aliphatic hydroxyl groups excluding tert-OH is 1. The third kappa shape index (κ3) is 2.21. The van der Waals surface area contributed by atoms with Crippen LogP contribution in [0.15, 0.2) is 41.1 Å². The molecule has 2 aromatic rings. The van der Waals surface area contributed by atoms with E-state index in [0.29, 0.717) is 0 Å². The number of benzene rings is 1. The van der Waals surface area contributed by atoms with Gasteiger partial charge in [-0.2, -0.15) is 11.3 Å². The molecule has 1 N–H and O–H groups in total. The molecular weight excluding hydrogens is 242 g/mol. The second-order valence-electron chi connectivity index (χ2n) is 4.75. The van der Waals surface area contributed by atoms with Crippen LogP contribution in [0.4, 0.5) is 0 Å². The summed E-state index contributed by atoms with van der Waals surface area (Å²) in [6.07, 6.45) is 1.08. The average Bonchev–Trinajstić information content (AvgIpc) is 2.91. The predicted molar refractivity (Wildman–Crippen MR) is 74.7 cm³/mol. The molecule has 0 spiro atoms. The molecule has 0 bridgehead atoms. The first kappa shape index (κ1) is 11.9. The summed E-state index contributed by atoms with van der Waals surface area (Å²) in [7, 11) is 0. The first-order valence-electron chi connectivity index (χ1n) is 6.32. The SMILES string of the molecule is OCC1c2ccccc2CCN1Cc1ccsc1. The first-order chi connectivity index (χ1) is 8.88. The number of nitrogens with zero attached hydrogens (tertiary/aromatic N) is 1. The molecule has 0 radical (unpaired) electrons.